The quantitative estimate of drug-likeness (QED) is 0.0207. The van der Waals surface area contributed by atoms with Gasteiger partial charge >= 0.3 is 17.9 Å². The van der Waals surface area contributed by atoms with Crippen molar-refractivity contribution in [3.8, 4) is 0 Å². The fraction of sp³-hybridized carbons (Fsp3) is 0.923. The maximum Gasteiger partial charge on any atom is 0.335 e. The molecule has 5 aliphatic carbocycles. The molecule has 686 valence electrons. The molecule has 47 atom stereocenters. The van der Waals surface area contributed by atoms with Crippen LogP contribution in [0.5, 0.6) is 0 Å². The van der Waals surface area contributed by atoms with E-state index >= 15 is 4.79 Å². The number of aliphatic hydroxyl groups is 20. The summed E-state index contributed by atoms with van der Waals surface area (Å²) in [7, 11) is 0. The predicted octanol–water partition coefficient (Wildman–Crippen LogP) is -7.56. The first kappa shape index (κ1) is 94.0. The Hall–Kier alpha value is -3.58. The van der Waals surface area contributed by atoms with Gasteiger partial charge < -0.3 is 193 Å². The Labute approximate surface area is 689 Å². The highest BCUT2D eigenvalue weighted by atomic mass is 16.8. The van der Waals surface area contributed by atoms with E-state index in [0.29, 0.717) is 51.4 Å². The number of ether oxygens (including phenoxy) is 17. The van der Waals surface area contributed by atoms with E-state index in [0.717, 1.165) is 18.8 Å². The van der Waals surface area contributed by atoms with Crippen molar-refractivity contribution in [2.75, 3.05) is 33.0 Å². The molecule has 120 heavy (non-hydrogen) atoms. The summed E-state index contributed by atoms with van der Waals surface area (Å²) in [5.41, 5.74) is -4.01. The summed E-state index contributed by atoms with van der Waals surface area (Å²) in [5.74, 6) is -4.53. The van der Waals surface area contributed by atoms with E-state index in [2.05, 4.69) is 40.7 Å². The van der Waals surface area contributed by atoms with Crippen molar-refractivity contribution >= 4 is 24.2 Å². The fourth-order valence-electron chi connectivity index (χ4n) is 22.0. The first-order valence-electron chi connectivity index (χ1n) is 41.3. The maximum absolute atomic E-state index is 16.1. The molecule has 0 aromatic heterocycles. The highest BCUT2D eigenvalue weighted by Crippen LogP contribution is 2.76. The van der Waals surface area contributed by atoms with Crippen LogP contribution in [0.1, 0.15) is 127 Å². The first-order chi connectivity index (χ1) is 56.4. The molecule has 8 aliphatic heterocycles. The molecule has 2 unspecified atom stereocenters. The average molecular weight is 1730 g/mol. The van der Waals surface area contributed by atoms with Gasteiger partial charge in [-0.25, -0.2) is 4.79 Å². The number of aldehydes is 1. The van der Waals surface area contributed by atoms with E-state index in [9.17, 15) is 122 Å². The van der Waals surface area contributed by atoms with Gasteiger partial charge in [-0.3, -0.25) is 9.59 Å². The summed E-state index contributed by atoms with van der Waals surface area (Å²) in [4.78, 5) is 56.4. The summed E-state index contributed by atoms with van der Waals surface area (Å²) < 4.78 is 103. The largest absolute Gasteiger partial charge is 0.479 e. The van der Waals surface area contributed by atoms with Crippen LogP contribution in [-0.2, 0) is 99.7 Å². The number of esters is 2. The number of carboxylic acid groups (broad SMARTS) is 1. The van der Waals surface area contributed by atoms with Crippen molar-refractivity contribution in [2.45, 2.75) is 366 Å². The number of aliphatic hydroxyl groups excluding tert-OH is 20. The molecule has 8 saturated heterocycles. The Bertz CT molecular complexity index is 3560. The van der Waals surface area contributed by atoms with Crippen LogP contribution in [0, 0.1) is 50.2 Å². The third-order valence-corrected chi connectivity index (χ3v) is 29.2. The van der Waals surface area contributed by atoms with Gasteiger partial charge in [0.2, 0.25) is 6.29 Å². The Kier molecular flexibility index (Phi) is 28.3. The van der Waals surface area contributed by atoms with Crippen molar-refractivity contribution in [3.05, 3.63) is 11.6 Å². The van der Waals surface area contributed by atoms with Gasteiger partial charge in [-0.05, 0) is 117 Å². The predicted molar refractivity (Wildman–Crippen MR) is 389 cm³/mol. The monoisotopic (exact) mass is 1730 g/mol. The van der Waals surface area contributed by atoms with E-state index < -0.39 is 329 Å². The van der Waals surface area contributed by atoms with Crippen LogP contribution in [0.2, 0.25) is 0 Å². The number of allylic oxidation sites excluding steroid dienone is 2. The molecule has 0 radical (unpaired) electrons. The number of aliphatic carboxylic acids is 1. The summed E-state index contributed by atoms with van der Waals surface area (Å²) >= 11 is 0. The highest BCUT2D eigenvalue weighted by Gasteiger charge is 2.72. The van der Waals surface area contributed by atoms with Gasteiger partial charge in [0.1, 0.15) is 159 Å². The Balaban J connectivity index is 0.768. The summed E-state index contributed by atoms with van der Waals surface area (Å²) in [5, 5.41) is 231. The van der Waals surface area contributed by atoms with E-state index in [1.54, 1.807) is 6.92 Å². The van der Waals surface area contributed by atoms with E-state index in [4.69, 9.17) is 80.5 Å². The van der Waals surface area contributed by atoms with E-state index in [-0.39, 0.29) is 24.2 Å². The van der Waals surface area contributed by atoms with Crippen LogP contribution in [0.3, 0.4) is 0 Å². The van der Waals surface area contributed by atoms with E-state index in [1.165, 1.54) is 13.8 Å². The molecule has 0 amide bonds. The zero-order chi connectivity index (χ0) is 87.6. The number of hydrogen-bond donors (Lipinski definition) is 21. The standard InChI is InChI=1S/C78H122O42/c1-27-55(108-29(3)83)51(97)61(118-69-54(100)59(116-67-49(95)45(91)42(88)35(22-80)110-67)56(28(2)106-69)113-65-53(99)57(33(85)25-105-65)114-66-48(94)44(90)41(87)34(21-79)109-66)70(107-27)120-72(103)78-18-16-73(4,5)20-31(78)30-10-11-38-74(6)14-13-39(75(7,26-82)37(74)12-15-77(38,9)76(30,8)17-19-78)112-71-62(119-68-50(96)46(92)43(89)36(23-81)111-68)58(52(98)60(117-71)63(101)102)115-64-47(93)40(86)32(84)24-104-64/h10,26-28,31-62,64-71,79-81,84-100H,11-25H2,1-9H3,(H,101,102)/t27-,28+,31+,32-,33-,34-,35-,36-,37?,38?,39+,40+,41-,42-,43+,44+,45+,46+,47-,48-,49-,50-,51+,52+,53-,54-,55+,56+,57+,58+,59+,60+,61-,62-,64+,65+,66+,67+,68+,69+,70+,71-,74+,75+,76-,77-,78+/m1/s1. The minimum Gasteiger partial charge on any atom is -0.479 e. The van der Waals surface area contributed by atoms with Gasteiger partial charge in [0.15, 0.2) is 62.3 Å². The number of carboxylic acids is 1. The minimum atomic E-state index is -2.24. The number of carbonyl (C=O) groups excluding carboxylic acids is 3. The van der Waals surface area contributed by atoms with Gasteiger partial charge in [-0.15, -0.1) is 0 Å². The number of hydrogen-bond acceptors (Lipinski definition) is 41. The van der Waals surface area contributed by atoms with Crippen molar-refractivity contribution in [3.63, 3.8) is 0 Å². The molecular weight excluding hydrogens is 1610 g/mol. The lowest BCUT2D eigenvalue weighted by molar-refractivity contribution is -0.398. The lowest BCUT2D eigenvalue weighted by Crippen LogP contribution is -2.69. The summed E-state index contributed by atoms with van der Waals surface area (Å²) in [6.07, 6.45) is -65.9. The topological polar surface area (TPSA) is 650 Å². The average Bonchev–Trinajstić information content (AvgIpc) is 0.672. The smallest absolute Gasteiger partial charge is 0.335 e. The minimum absolute atomic E-state index is 0.103. The van der Waals surface area contributed by atoms with Gasteiger partial charge in [0, 0.05) is 6.92 Å². The van der Waals surface area contributed by atoms with Crippen molar-refractivity contribution in [1.82, 2.24) is 0 Å². The Morgan fingerprint density at radius 1 is 0.442 bits per heavy atom. The fourth-order valence-corrected chi connectivity index (χ4v) is 22.0. The third kappa shape index (κ3) is 16.8. The molecule has 42 heteroatoms. The Morgan fingerprint density at radius 3 is 1.48 bits per heavy atom. The molecule has 0 bridgehead atoms. The zero-order valence-electron chi connectivity index (χ0n) is 68.0. The van der Waals surface area contributed by atoms with Gasteiger partial charge in [0.05, 0.1) is 62.2 Å². The van der Waals surface area contributed by atoms with Crippen molar-refractivity contribution in [1.29, 1.82) is 0 Å². The van der Waals surface area contributed by atoms with E-state index in [1.807, 2.05) is 0 Å². The van der Waals surface area contributed by atoms with Crippen LogP contribution >= 0.6 is 0 Å². The molecule has 12 fully saturated rings. The Morgan fingerprint density at radius 2 is 0.917 bits per heavy atom. The molecule has 4 saturated carbocycles. The van der Waals surface area contributed by atoms with Crippen molar-refractivity contribution in [2.24, 2.45) is 50.2 Å². The number of rotatable bonds is 22. The normalized spacial score (nSPS) is 53.5. The van der Waals surface area contributed by atoms with Gasteiger partial charge in [-0.1, -0.05) is 53.2 Å². The SMILES string of the molecule is CC(=O)O[C@@H]1[C@H](O)[C@@H](O[C@@H]2O[C@@H](C)[C@H](O[C@@H]3OC[C@@H](O)[C@H](O[C@@H]4O[C@H](CO)[C@@H](O)[C@H](O)[C@H]4O)[C@H]3O)[C@@H](O[C@@H]3O[C@H](CO)[C@@H](O)[C@H](O)[C@H]3O)[C@H]2O)[C@H](OC(=O)[C@]23CCC(C)(C)C[C@H]2C2=CCC4[C@@]5(C)CC[C@H](O[C@@H]6O[C@H](C(=O)O)[C@@H](O)[C@H](O[C@@H]7OC[C@@H](O)[C@H](O)[C@H]7O)[C@H]6O[C@@H]6O[C@H](CO)[C@H](O)[C@H](O)[C@H]6O)[C@@](C)(C=O)C5CC[C@@]4(C)[C@]2(C)CC3)O[C@@H]1C. The number of carbonyl (C=O) groups is 4. The lowest BCUT2D eigenvalue weighted by Gasteiger charge is -2.71. The molecule has 21 N–H and O–H groups in total. The van der Waals surface area contributed by atoms with Crippen LogP contribution in [0.25, 0.3) is 0 Å². The summed E-state index contributed by atoms with van der Waals surface area (Å²) in [6.45, 7) is 12.4. The second-order valence-corrected chi connectivity index (χ2v) is 36.9. The van der Waals surface area contributed by atoms with Crippen LogP contribution in [0.4, 0.5) is 0 Å². The van der Waals surface area contributed by atoms with Gasteiger partial charge in [-0.2, -0.15) is 0 Å². The highest BCUT2D eigenvalue weighted by molar-refractivity contribution is 5.79. The molecule has 0 aromatic rings. The molecule has 13 rings (SSSR count). The lowest BCUT2D eigenvalue weighted by atomic mass is 9.33. The molecular formula is C78H122O42. The second kappa shape index (κ2) is 36.2. The first-order valence-corrected chi connectivity index (χ1v) is 41.3. The molecule has 13 aliphatic rings. The third-order valence-electron chi connectivity index (χ3n) is 29.2. The van der Waals surface area contributed by atoms with Crippen LogP contribution < -0.4 is 0 Å². The van der Waals surface area contributed by atoms with Gasteiger partial charge in [0.25, 0.3) is 0 Å². The maximum atomic E-state index is 16.1. The number of fused-ring (bicyclic) bond motifs is 7. The molecule has 42 nitrogen and oxygen atoms in total. The molecule has 0 aromatic carbocycles. The van der Waals surface area contributed by atoms with Crippen LogP contribution in [-0.4, -0.2) is 404 Å². The zero-order valence-corrected chi connectivity index (χ0v) is 68.0. The molecule has 8 heterocycles. The van der Waals surface area contributed by atoms with Crippen LogP contribution in [0.15, 0.2) is 11.6 Å². The second-order valence-electron chi connectivity index (χ2n) is 36.9. The molecule has 0 spiro atoms. The summed E-state index contributed by atoms with van der Waals surface area (Å²) in [6, 6.07) is 0. The van der Waals surface area contributed by atoms with Crippen molar-refractivity contribution < 1.29 is 207 Å².